The van der Waals surface area contributed by atoms with Gasteiger partial charge in [0.15, 0.2) is 5.84 Å². The first kappa shape index (κ1) is 18.5. The van der Waals surface area contributed by atoms with Gasteiger partial charge >= 0.3 is 0 Å². The van der Waals surface area contributed by atoms with Crippen LogP contribution in [0, 0.1) is 11.3 Å². The van der Waals surface area contributed by atoms with E-state index in [-0.39, 0.29) is 5.84 Å². The summed E-state index contributed by atoms with van der Waals surface area (Å²) in [7, 11) is 0. The normalized spacial score (nSPS) is 20.8. The highest BCUT2D eigenvalue weighted by atomic mass is 16.5. The molecule has 2 atom stereocenters. The van der Waals surface area contributed by atoms with Crippen LogP contribution in [0.3, 0.4) is 0 Å². The van der Waals surface area contributed by atoms with Crippen LogP contribution in [0.1, 0.15) is 43.6 Å². The van der Waals surface area contributed by atoms with Crippen molar-refractivity contribution in [3.63, 3.8) is 0 Å². The average molecular weight is 364 g/mol. The van der Waals surface area contributed by atoms with Crippen LogP contribution in [0.15, 0.2) is 47.6 Å². The first-order chi connectivity index (χ1) is 12.8. The Morgan fingerprint density at radius 2 is 2.15 bits per heavy atom. The highest BCUT2D eigenvalue weighted by molar-refractivity contribution is 6.03. The average Bonchev–Trinajstić information content (AvgIpc) is 2.64. The lowest BCUT2D eigenvalue weighted by atomic mass is 9.86. The molecule has 138 valence electrons. The second-order valence-electron chi connectivity index (χ2n) is 6.83. The molecule has 0 saturated carbocycles. The van der Waals surface area contributed by atoms with Gasteiger partial charge in [0.1, 0.15) is 23.1 Å². The van der Waals surface area contributed by atoms with Crippen molar-refractivity contribution in [3.8, 4) is 11.8 Å². The fourth-order valence-corrected chi connectivity index (χ4v) is 3.00. The summed E-state index contributed by atoms with van der Waals surface area (Å²) in [5.41, 5.74) is 0.652. The van der Waals surface area contributed by atoms with Crippen molar-refractivity contribution in [2.45, 2.75) is 38.5 Å². The molecule has 2 aromatic rings. The van der Waals surface area contributed by atoms with Gasteiger partial charge in [0.05, 0.1) is 17.7 Å². The number of fused-ring (bicyclic) bond motifs is 1. The van der Waals surface area contributed by atoms with E-state index in [4.69, 9.17) is 4.74 Å². The zero-order chi connectivity index (χ0) is 19.6. The van der Waals surface area contributed by atoms with Crippen molar-refractivity contribution in [3.05, 3.63) is 59.4 Å². The number of aliphatic hydroxyl groups excluding tert-OH is 1. The number of aliphatic hydroxyl groups is 1. The number of aromatic nitrogens is 1. The van der Waals surface area contributed by atoms with E-state index < -0.39 is 23.7 Å². The van der Waals surface area contributed by atoms with Crippen molar-refractivity contribution in [2.24, 2.45) is 4.99 Å². The molecule has 7 nitrogen and oxygen atoms in total. The SMILES string of the molecule is CC(=O)/N=C(\N[C@H]1c2cc(C#N)ccc2OC(C)(C)[C@@H]1O)c1ccccn1. The molecular formula is C20H20N4O3. The number of hydrogen-bond acceptors (Lipinski definition) is 5. The number of pyridine rings is 1. The third-order valence-corrected chi connectivity index (χ3v) is 4.34. The molecular weight excluding hydrogens is 344 g/mol. The zero-order valence-corrected chi connectivity index (χ0v) is 15.3. The summed E-state index contributed by atoms with van der Waals surface area (Å²) >= 11 is 0. The molecule has 0 unspecified atom stereocenters. The molecule has 0 bridgehead atoms. The van der Waals surface area contributed by atoms with Gasteiger partial charge in [-0.3, -0.25) is 9.78 Å². The van der Waals surface area contributed by atoms with Crippen LogP contribution >= 0.6 is 0 Å². The van der Waals surface area contributed by atoms with Gasteiger partial charge in [0.25, 0.3) is 0 Å². The van der Waals surface area contributed by atoms with Gasteiger partial charge in [-0.2, -0.15) is 10.3 Å². The Labute approximate surface area is 157 Å². The Morgan fingerprint density at radius 1 is 1.37 bits per heavy atom. The molecule has 1 amide bonds. The van der Waals surface area contributed by atoms with E-state index in [1.807, 2.05) is 0 Å². The quantitative estimate of drug-likeness (QED) is 0.624. The van der Waals surface area contributed by atoms with E-state index in [9.17, 15) is 15.2 Å². The largest absolute Gasteiger partial charge is 0.485 e. The molecule has 1 aromatic carbocycles. The summed E-state index contributed by atoms with van der Waals surface area (Å²) in [4.78, 5) is 19.9. The number of hydrogen-bond donors (Lipinski definition) is 2. The van der Waals surface area contributed by atoms with Crippen LogP contribution in [0.5, 0.6) is 5.75 Å². The third-order valence-electron chi connectivity index (χ3n) is 4.34. The number of nitrogens with one attached hydrogen (secondary N) is 1. The first-order valence-corrected chi connectivity index (χ1v) is 8.50. The third kappa shape index (κ3) is 3.81. The molecule has 27 heavy (non-hydrogen) atoms. The Bertz CT molecular complexity index is 932. The standard InChI is InChI=1S/C20H20N4O3/c1-12(25)23-19(15-6-4-5-9-22-15)24-17-14-10-13(11-21)7-8-16(14)27-20(2,3)18(17)26/h4-10,17-18,26H,1-3H3,(H,23,24,25)/t17-,18+/m0/s1. The predicted octanol–water partition coefficient (Wildman–Crippen LogP) is 2.11. The molecule has 0 aliphatic carbocycles. The minimum atomic E-state index is -0.959. The van der Waals surface area contributed by atoms with Crippen LogP contribution in [0.25, 0.3) is 0 Å². The van der Waals surface area contributed by atoms with Gasteiger partial charge in [-0.05, 0) is 44.2 Å². The Hall–Kier alpha value is -3.24. The van der Waals surface area contributed by atoms with E-state index in [1.165, 1.54) is 6.92 Å². The van der Waals surface area contributed by atoms with Crippen LogP contribution in [-0.2, 0) is 4.79 Å². The second kappa shape index (κ2) is 7.17. The highest BCUT2D eigenvalue weighted by Crippen LogP contribution is 2.40. The molecule has 0 spiro atoms. The van der Waals surface area contributed by atoms with E-state index >= 15 is 0 Å². The number of aliphatic imine (C=N–C) groups is 1. The van der Waals surface area contributed by atoms with Crippen molar-refractivity contribution in [2.75, 3.05) is 0 Å². The minimum absolute atomic E-state index is 0.248. The number of carbonyl (C=O) groups excluding carboxylic acids is 1. The summed E-state index contributed by atoms with van der Waals surface area (Å²) in [6, 6.07) is 11.7. The van der Waals surface area contributed by atoms with Gasteiger partial charge in [-0.25, -0.2) is 0 Å². The number of benzene rings is 1. The number of amides is 1. The summed E-state index contributed by atoms with van der Waals surface area (Å²) in [6.45, 7) is 4.89. The zero-order valence-electron chi connectivity index (χ0n) is 15.3. The van der Waals surface area contributed by atoms with Crippen LogP contribution < -0.4 is 10.1 Å². The van der Waals surface area contributed by atoms with Gasteiger partial charge in [0.2, 0.25) is 5.91 Å². The van der Waals surface area contributed by atoms with Crippen LogP contribution in [0.4, 0.5) is 0 Å². The van der Waals surface area contributed by atoms with Crippen molar-refractivity contribution >= 4 is 11.7 Å². The summed E-state index contributed by atoms with van der Waals surface area (Å²) < 4.78 is 5.91. The number of nitrogens with zero attached hydrogens (tertiary/aromatic N) is 3. The monoisotopic (exact) mass is 364 g/mol. The smallest absolute Gasteiger partial charge is 0.244 e. The topological polar surface area (TPSA) is 108 Å². The minimum Gasteiger partial charge on any atom is -0.485 e. The van der Waals surface area contributed by atoms with Crippen molar-refractivity contribution in [1.82, 2.24) is 10.3 Å². The lowest BCUT2D eigenvalue weighted by Gasteiger charge is -2.42. The number of ether oxygens (including phenoxy) is 1. The first-order valence-electron chi connectivity index (χ1n) is 8.50. The van der Waals surface area contributed by atoms with Crippen molar-refractivity contribution < 1.29 is 14.6 Å². The maximum atomic E-state index is 11.6. The summed E-state index contributed by atoms with van der Waals surface area (Å²) in [5.74, 6) is 0.415. The lowest BCUT2D eigenvalue weighted by molar-refractivity contribution is -0.115. The number of rotatable bonds is 2. The molecule has 3 rings (SSSR count). The van der Waals surface area contributed by atoms with Crippen molar-refractivity contribution in [1.29, 1.82) is 5.26 Å². The molecule has 0 fully saturated rings. The molecule has 2 N–H and O–H groups in total. The van der Waals surface area contributed by atoms with E-state index in [2.05, 4.69) is 21.4 Å². The van der Waals surface area contributed by atoms with Gasteiger partial charge in [-0.1, -0.05) is 6.07 Å². The molecule has 0 saturated heterocycles. The summed E-state index contributed by atoms with van der Waals surface area (Å²) in [6.07, 6.45) is 0.637. The Balaban J connectivity index is 2.08. The second-order valence-corrected chi connectivity index (χ2v) is 6.83. The Kier molecular flexibility index (Phi) is 4.93. The molecule has 0 radical (unpaired) electrons. The fourth-order valence-electron chi connectivity index (χ4n) is 3.00. The number of nitriles is 1. The fraction of sp³-hybridized carbons (Fsp3) is 0.300. The van der Waals surface area contributed by atoms with Gasteiger partial charge in [-0.15, -0.1) is 0 Å². The Morgan fingerprint density at radius 3 is 2.78 bits per heavy atom. The number of amidine groups is 1. The molecule has 1 aliphatic rings. The summed E-state index contributed by atoms with van der Waals surface area (Å²) in [5, 5.41) is 23.3. The van der Waals surface area contributed by atoms with Gasteiger partial charge < -0.3 is 15.2 Å². The van der Waals surface area contributed by atoms with Gasteiger partial charge in [0, 0.05) is 18.7 Å². The molecule has 1 aliphatic heterocycles. The van der Waals surface area contributed by atoms with E-state index in [0.29, 0.717) is 22.6 Å². The van der Waals surface area contributed by atoms with Crippen LogP contribution in [0.2, 0.25) is 0 Å². The van der Waals surface area contributed by atoms with E-state index in [1.54, 1.807) is 56.4 Å². The molecule has 2 heterocycles. The van der Waals surface area contributed by atoms with E-state index in [0.717, 1.165) is 0 Å². The predicted molar refractivity (Wildman–Crippen MR) is 99.2 cm³/mol. The lowest BCUT2D eigenvalue weighted by Crippen LogP contribution is -2.53. The molecule has 7 heteroatoms. The maximum absolute atomic E-state index is 11.6. The molecule has 1 aromatic heterocycles. The number of carbonyl (C=O) groups is 1. The highest BCUT2D eigenvalue weighted by Gasteiger charge is 2.43. The maximum Gasteiger partial charge on any atom is 0.244 e. The van der Waals surface area contributed by atoms with Crippen LogP contribution in [-0.4, -0.2) is 33.5 Å².